The van der Waals surface area contributed by atoms with Gasteiger partial charge in [0, 0.05) is 11.8 Å². The number of rotatable bonds is 5. The number of carbonyl (C=O) groups is 1. The molecule has 4 rings (SSSR count). The zero-order chi connectivity index (χ0) is 25.4. The van der Waals surface area contributed by atoms with Crippen LogP contribution in [0.2, 0.25) is 0 Å². The number of fused-ring (bicyclic) bond motifs is 5. The van der Waals surface area contributed by atoms with Crippen LogP contribution in [0.25, 0.3) is 0 Å². The topological polar surface area (TPSA) is 77.8 Å². The van der Waals surface area contributed by atoms with E-state index in [1.54, 1.807) is 6.92 Å². The van der Waals surface area contributed by atoms with Gasteiger partial charge >= 0.3 is 0 Å². The first kappa shape index (κ1) is 26.1. The molecular formula is C30H48O4. The summed E-state index contributed by atoms with van der Waals surface area (Å²) in [6, 6.07) is 0. The SMILES string of the molecule is C=C(C)C(O)C(O)CC(C)C1=C2CC(O)C3C4(C)CCC(=O)C(C)(C)C4CCC3(C)C2(C)CC1. The summed E-state index contributed by atoms with van der Waals surface area (Å²) >= 11 is 0. The molecule has 0 aromatic heterocycles. The van der Waals surface area contributed by atoms with E-state index in [2.05, 4.69) is 48.1 Å². The van der Waals surface area contributed by atoms with Crippen molar-refractivity contribution in [2.24, 2.45) is 39.4 Å². The summed E-state index contributed by atoms with van der Waals surface area (Å²) in [7, 11) is 0. The molecule has 4 heteroatoms. The average Bonchev–Trinajstić information content (AvgIpc) is 3.08. The summed E-state index contributed by atoms with van der Waals surface area (Å²) in [5.74, 6) is 1.06. The van der Waals surface area contributed by atoms with Crippen molar-refractivity contribution in [2.45, 2.75) is 118 Å². The number of allylic oxidation sites excluding steroid dienone is 1. The van der Waals surface area contributed by atoms with Crippen LogP contribution in [0.15, 0.2) is 23.3 Å². The van der Waals surface area contributed by atoms with Gasteiger partial charge in [0.05, 0.1) is 12.2 Å². The maximum absolute atomic E-state index is 12.9. The Kier molecular flexibility index (Phi) is 6.36. The Balaban J connectivity index is 1.69. The fourth-order valence-electron chi connectivity index (χ4n) is 9.63. The minimum Gasteiger partial charge on any atom is -0.392 e. The smallest absolute Gasteiger partial charge is 0.138 e. The highest BCUT2D eigenvalue weighted by atomic mass is 16.3. The van der Waals surface area contributed by atoms with Crippen LogP contribution >= 0.6 is 0 Å². The normalized spacial score (nSPS) is 44.1. The third kappa shape index (κ3) is 3.45. The lowest BCUT2D eigenvalue weighted by Crippen LogP contribution is -2.65. The molecule has 4 aliphatic rings. The molecule has 0 amide bonds. The van der Waals surface area contributed by atoms with Crippen molar-refractivity contribution < 1.29 is 20.1 Å². The molecule has 0 aromatic carbocycles. The van der Waals surface area contributed by atoms with Gasteiger partial charge in [0.1, 0.15) is 11.9 Å². The summed E-state index contributed by atoms with van der Waals surface area (Å²) in [5.41, 5.74) is 3.06. The fourth-order valence-corrected chi connectivity index (χ4v) is 9.63. The molecule has 0 aromatic rings. The van der Waals surface area contributed by atoms with Crippen molar-refractivity contribution >= 4 is 5.78 Å². The first-order chi connectivity index (χ1) is 15.6. The van der Waals surface area contributed by atoms with E-state index in [1.807, 2.05) is 0 Å². The molecule has 192 valence electrons. The summed E-state index contributed by atoms with van der Waals surface area (Å²) in [6.07, 6.45) is 4.79. The van der Waals surface area contributed by atoms with Crippen molar-refractivity contribution in [2.75, 3.05) is 0 Å². The number of aliphatic hydroxyl groups excluding tert-OH is 3. The van der Waals surface area contributed by atoms with Crippen LogP contribution < -0.4 is 0 Å². The highest BCUT2D eigenvalue weighted by molar-refractivity contribution is 5.85. The Morgan fingerprint density at radius 3 is 2.35 bits per heavy atom. The highest BCUT2D eigenvalue weighted by Gasteiger charge is 2.69. The molecule has 0 saturated heterocycles. The number of ketones is 1. The van der Waals surface area contributed by atoms with Crippen LogP contribution in [0.5, 0.6) is 0 Å². The molecule has 9 atom stereocenters. The molecule has 0 heterocycles. The highest BCUT2D eigenvalue weighted by Crippen LogP contribution is 2.74. The molecule has 3 N–H and O–H groups in total. The number of Topliss-reactive ketones (excluding diaryl/α,β-unsaturated/α-hetero) is 1. The molecule has 9 unspecified atom stereocenters. The molecule has 0 spiro atoms. The Morgan fingerprint density at radius 2 is 1.74 bits per heavy atom. The Morgan fingerprint density at radius 1 is 1.09 bits per heavy atom. The molecule has 4 aliphatic carbocycles. The van der Waals surface area contributed by atoms with E-state index in [4.69, 9.17) is 0 Å². The van der Waals surface area contributed by atoms with E-state index in [-0.39, 0.29) is 33.5 Å². The third-order valence-electron chi connectivity index (χ3n) is 11.7. The molecule has 0 aliphatic heterocycles. The minimum atomic E-state index is -0.896. The van der Waals surface area contributed by atoms with Crippen molar-refractivity contribution in [1.82, 2.24) is 0 Å². The first-order valence-electron chi connectivity index (χ1n) is 13.6. The van der Waals surface area contributed by atoms with Crippen molar-refractivity contribution in [3.63, 3.8) is 0 Å². The Labute approximate surface area is 206 Å². The van der Waals surface area contributed by atoms with Gasteiger partial charge in [0.15, 0.2) is 0 Å². The lowest BCUT2D eigenvalue weighted by atomic mass is 9.36. The monoisotopic (exact) mass is 472 g/mol. The van der Waals surface area contributed by atoms with Gasteiger partial charge < -0.3 is 15.3 Å². The van der Waals surface area contributed by atoms with Crippen molar-refractivity contribution in [3.05, 3.63) is 23.3 Å². The van der Waals surface area contributed by atoms with Crippen LogP contribution in [0.4, 0.5) is 0 Å². The molecular weight excluding hydrogens is 424 g/mol. The number of hydrogen-bond donors (Lipinski definition) is 3. The van der Waals surface area contributed by atoms with E-state index in [1.165, 1.54) is 11.1 Å². The Hall–Kier alpha value is -0.970. The van der Waals surface area contributed by atoms with E-state index in [0.717, 1.165) is 32.1 Å². The van der Waals surface area contributed by atoms with Gasteiger partial charge in [-0.3, -0.25) is 4.79 Å². The first-order valence-corrected chi connectivity index (χ1v) is 13.6. The summed E-state index contributed by atoms with van der Waals surface area (Å²) in [6.45, 7) is 19.2. The predicted octanol–water partition coefficient (Wildman–Crippen LogP) is 5.60. The van der Waals surface area contributed by atoms with E-state index in [9.17, 15) is 20.1 Å². The lowest BCUT2D eigenvalue weighted by molar-refractivity contribution is -0.208. The number of aliphatic hydroxyl groups is 3. The van der Waals surface area contributed by atoms with Gasteiger partial charge in [-0.1, -0.05) is 59.3 Å². The quantitative estimate of drug-likeness (QED) is 0.455. The second-order valence-corrected chi connectivity index (χ2v) is 13.7. The van der Waals surface area contributed by atoms with Gasteiger partial charge in [-0.05, 0) is 91.4 Å². The molecule has 3 fully saturated rings. The largest absolute Gasteiger partial charge is 0.392 e. The van der Waals surface area contributed by atoms with Gasteiger partial charge in [0.2, 0.25) is 0 Å². The van der Waals surface area contributed by atoms with Gasteiger partial charge in [0.25, 0.3) is 0 Å². The molecule has 34 heavy (non-hydrogen) atoms. The van der Waals surface area contributed by atoms with E-state index >= 15 is 0 Å². The van der Waals surface area contributed by atoms with Crippen LogP contribution in [0.3, 0.4) is 0 Å². The lowest BCUT2D eigenvalue weighted by Gasteiger charge is -2.69. The van der Waals surface area contributed by atoms with Crippen molar-refractivity contribution in [1.29, 1.82) is 0 Å². The molecule has 3 saturated carbocycles. The minimum absolute atomic E-state index is 0.0149. The van der Waals surface area contributed by atoms with Crippen LogP contribution in [0, 0.1) is 39.4 Å². The van der Waals surface area contributed by atoms with Crippen LogP contribution in [-0.4, -0.2) is 39.4 Å². The summed E-state index contributed by atoms with van der Waals surface area (Å²) in [4.78, 5) is 12.9. The van der Waals surface area contributed by atoms with Crippen molar-refractivity contribution in [3.8, 4) is 0 Å². The second-order valence-electron chi connectivity index (χ2n) is 13.7. The zero-order valence-corrected chi connectivity index (χ0v) is 22.6. The standard InChI is InChI=1S/C30H48O4/c1-17(2)25(34)21(31)15-18(3)19-9-13-29(7)20(19)16-22(32)26-28(6)12-11-24(33)27(4,5)23(28)10-14-30(26,29)8/h18,21-23,25-26,31-32,34H,1,9-16H2,2-8H3. The summed E-state index contributed by atoms with van der Waals surface area (Å²) in [5, 5.41) is 32.7. The summed E-state index contributed by atoms with van der Waals surface area (Å²) < 4.78 is 0. The average molecular weight is 473 g/mol. The zero-order valence-electron chi connectivity index (χ0n) is 22.6. The van der Waals surface area contributed by atoms with Gasteiger partial charge in [-0.25, -0.2) is 0 Å². The van der Waals surface area contributed by atoms with Gasteiger partial charge in [-0.15, -0.1) is 0 Å². The maximum Gasteiger partial charge on any atom is 0.138 e. The van der Waals surface area contributed by atoms with E-state index in [0.29, 0.717) is 36.5 Å². The number of hydrogen-bond acceptors (Lipinski definition) is 4. The Bertz CT molecular complexity index is 901. The van der Waals surface area contributed by atoms with E-state index < -0.39 is 18.3 Å². The van der Waals surface area contributed by atoms with Crippen LogP contribution in [0.1, 0.15) is 99.8 Å². The molecule has 4 nitrogen and oxygen atoms in total. The van der Waals surface area contributed by atoms with Gasteiger partial charge in [-0.2, -0.15) is 0 Å². The maximum atomic E-state index is 12.9. The third-order valence-corrected chi connectivity index (χ3v) is 11.7. The number of carbonyl (C=O) groups excluding carboxylic acids is 1. The second kappa shape index (κ2) is 8.28. The molecule has 0 radical (unpaired) electrons. The van der Waals surface area contributed by atoms with Crippen LogP contribution in [-0.2, 0) is 4.79 Å². The predicted molar refractivity (Wildman–Crippen MR) is 136 cm³/mol. The molecule has 0 bridgehead atoms. The fraction of sp³-hybridized carbons (Fsp3) is 0.833.